The highest BCUT2D eigenvalue weighted by Gasteiger charge is 2.44. The molecule has 0 bridgehead atoms. The van der Waals surface area contributed by atoms with E-state index in [2.05, 4.69) is 10.2 Å². The molecule has 2 fully saturated rings. The van der Waals surface area contributed by atoms with Gasteiger partial charge in [-0.3, -0.25) is 0 Å². The summed E-state index contributed by atoms with van der Waals surface area (Å²) in [4.78, 5) is 2.45. The van der Waals surface area contributed by atoms with Crippen molar-refractivity contribution in [1.82, 2.24) is 10.2 Å². The summed E-state index contributed by atoms with van der Waals surface area (Å²) < 4.78 is 41.2. The van der Waals surface area contributed by atoms with Crippen molar-refractivity contribution in [3.8, 4) is 11.1 Å². The average molecular weight is 388 g/mol. The molecule has 0 aromatic heterocycles. The number of nitrogens with one attached hydrogen (secondary N) is 1. The van der Waals surface area contributed by atoms with Gasteiger partial charge < -0.3 is 10.2 Å². The van der Waals surface area contributed by atoms with E-state index in [-0.39, 0.29) is 12.0 Å². The van der Waals surface area contributed by atoms with E-state index in [0.717, 1.165) is 38.2 Å². The van der Waals surface area contributed by atoms with Crippen molar-refractivity contribution in [1.29, 1.82) is 0 Å². The first-order valence-electron chi connectivity index (χ1n) is 10.2. The smallest absolute Gasteiger partial charge is 0.312 e. The summed E-state index contributed by atoms with van der Waals surface area (Å²) in [7, 11) is 0. The van der Waals surface area contributed by atoms with Crippen molar-refractivity contribution in [3.63, 3.8) is 0 Å². The number of hydrogen-bond donors (Lipinski definition) is 1. The van der Waals surface area contributed by atoms with Crippen molar-refractivity contribution in [3.05, 3.63) is 59.7 Å². The highest BCUT2D eigenvalue weighted by Crippen LogP contribution is 2.47. The van der Waals surface area contributed by atoms with Crippen LogP contribution in [0.4, 0.5) is 13.2 Å². The molecule has 28 heavy (non-hydrogen) atoms. The lowest BCUT2D eigenvalue weighted by Crippen LogP contribution is -2.36. The number of likely N-dealkylation sites (tertiary alicyclic amines) is 1. The van der Waals surface area contributed by atoms with Crippen LogP contribution in [0.25, 0.3) is 11.1 Å². The van der Waals surface area contributed by atoms with E-state index >= 15 is 0 Å². The molecule has 4 rings (SSSR count). The molecule has 1 saturated carbocycles. The molecule has 1 saturated heterocycles. The van der Waals surface area contributed by atoms with Gasteiger partial charge in [0.15, 0.2) is 0 Å². The quantitative estimate of drug-likeness (QED) is 0.722. The van der Waals surface area contributed by atoms with E-state index in [1.54, 1.807) is 6.07 Å². The van der Waals surface area contributed by atoms with Crippen molar-refractivity contribution >= 4 is 0 Å². The monoisotopic (exact) mass is 388 g/mol. The van der Waals surface area contributed by atoms with Gasteiger partial charge in [0, 0.05) is 25.0 Å². The molecule has 2 atom stereocenters. The zero-order valence-electron chi connectivity index (χ0n) is 16.0. The Hall–Kier alpha value is -1.85. The summed E-state index contributed by atoms with van der Waals surface area (Å²) in [5.74, 6) is -0.0391. The zero-order valence-corrected chi connectivity index (χ0v) is 16.0. The van der Waals surface area contributed by atoms with E-state index in [1.807, 2.05) is 36.4 Å². The molecule has 1 aliphatic carbocycles. The predicted molar refractivity (Wildman–Crippen MR) is 106 cm³/mol. The lowest BCUT2D eigenvalue weighted by molar-refractivity contribution is -0.138. The molecule has 2 unspecified atom stereocenters. The number of piperidine rings is 1. The van der Waals surface area contributed by atoms with Crippen LogP contribution in [0.15, 0.2) is 48.5 Å². The van der Waals surface area contributed by atoms with Gasteiger partial charge in [-0.2, -0.15) is 13.2 Å². The fourth-order valence-corrected chi connectivity index (χ4v) is 4.29. The topological polar surface area (TPSA) is 15.3 Å². The minimum Gasteiger partial charge on any atom is -0.312 e. The Bertz CT molecular complexity index is 782. The highest BCUT2D eigenvalue weighted by molar-refractivity contribution is 5.65. The Morgan fingerprint density at radius 2 is 1.68 bits per heavy atom. The number of benzene rings is 2. The lowest BCUT2D eigenvalue weighted by atomic mass is 9.96. The maximum atomic E-state index is 13.7. The SMILES string of the molecule is FC(F)(F)c1cc(-c2ccccc2)ccc1C1CC1NCCN1CCCCC1. The van der Waals surface area contributed by atoms with Crippen LogP contribution >= 0.6 is 0 Å². The number of nitrogens with zero attached hydrogens (tertiary/aromatic N) is 1. The fourth-order valence-electron chi connectivity index (χ4n) is 4.29. The van der Waals surface area contributed by atoms with E-state index in [0.29, 0.717) is 11.1 Å². The van der Waals surface area contributed by atoms with Gasteiger partial charge >= 0.3 is 6.18 Å². The molecule has 1 N–H and O–H groups in total. The second-order valence-corrected chi connectivity index (χ2v) is 7.97. The van der Waals surface area contributed by atoms with Crippen LogP contribution in [0, 0.1) is 0 Å². The van der Waals surface area contributed by atoms with E-state index in [1.165, 1.54) is 25.3 Å². The number of halogens is 3. The van der Waals surface area contributed by atoms with Gasteiger partial charge in [-0.25, -0.2) is 0 Å². The van der Waals surface area contributed by atoms with Crippen LogP contribution in [-0.4, -0.2) is 37.1 Å². The molecule has 2 nitrogen and oxygen atoms in total. The molecule has 0 radical (unpaired) electrons. The van der Waals surface area contributed by atoms with Crippen LogP contribution in [-0.2, 0) is 6.18 Å². The molecule has 0 spiro atoms. The Morgan fingerprint density at radius 3 is 2.39 bits per heavy atom. The molecule has 0 amide bonds. The van der Waals surface area contributed by atoms with Crippen LogP contribution < -0.4 is 5.32 Å². The molecule has 2 aliphatic rings. The molecule has 1 heterocycles. The summed E-state index contributed by atoms with van der Waals surface area (Å²) in [5.41, 5.74) is 1.38. The molecule has 2 aromatic carbocycles. The molecule has 1 aliphatic heterocycles. The van der Waals surface area contributed by atoms with Crippen LogP contribution in [0.3, 0.4) is 0 Å². The fraction of sp³-hybridized carbons (Fsp3) is 0.478. The van der Waals surface area contributed by atoms with Gasteiger partial charge in [-0.05, 0) is 55.1 Å². The molecule has 5 heteroatoms. The van der Waals surface area contributed by atoms with Crippen LogP contribution in [0.2, 0.25) is 0 Å². The molecular formula is C23H27F3N2. The predicted octanol–water partition coefficient (Wildman–Crippen LogP) is 5.30. The maximum absolute atomic E-state index is 13.7. The summed E-state index contributed by atoms with van der Waals surface area (Å²) >= 11 is 0. The largest absolute Gasteiger partial charge is 0.416 e. The van der Waals surface area contributed by atoms with Gasteiger partial charge in [-0.15, -0.1) is 0 Å². The minimum atomic E-state index is -4.33. The van der Waals surface area contributed by atoms with Gasteiger partial charge in [0.1, 0.15) is 0 Å². The summed E-state index contributed by atoms with van der Waals surface area (Å²) in [6.07, 6.45) is 0.284. The minimum absolute atomic E-state index is 0.0391. The van der Waals surface area contributed by atoms with E-state index in [4.69, 9.17) is 0 Å². The second-order valence-electron chi connectivity index (χ2n) is 7.97. The van der Waals surface area contributed by atoms with Crippen molar-refractivity contribution in [2.24, 2.45) is 0 Å². The van der Waals surface area contributed by atoms with Crippen LogP contribution in [0.1, 0.15) is 42.7 Å². The standard InChI is InChI=1S/C23H27F3N2/c24-23(25,26)21-15-18(17-7-3-1-4-8-17)9-10-19(21)20-16-22(20)27-11-14-28-12-5-2-6-13-28/h1,3-4,7-10,15,20,22,27H,2,5-6,11-14,16H2. The van der Waals surface area contributed by atoms with Gasteiger partial charge in [0.05, 0.1) is 5.56 Å². The first-order valence-corrected chi connectivity index (χ1v) is 10.2. The van der Waals surface area contributed by atoms with E-state index in [9.17, 15) is 13.2 Å². The van der Waals surface area contributed by atoms with Crippen molar-refractivity contribution in [2.75, 3.05) is 26.2 Å². The molecular weight excluding hydrogens is 361 g/mol. The van der Waals surface area contributed by atoms with Crippen molar-refractivity contribution in [2.45, 2.75) is 43.8 Å². The van der Waals surface area contributed by atoms with Gasteiger partial charge in [-0.1, -0.05) is 48.9 Å². The summed E-state index contributed by atoms with van der Waals surface area (Å²) in [5, 5.41) is 3.47. The summed E-state index contributed by atoms with van der Waals surface area (Å²) in [6, 6.07) is 14.2. The highest BCUT2D eigenvalue weighted by atomic mass is 19.4. The number of rotatable bonds is 6. The molecule has 150 valence electrons. The normalized spacial score (nSPS) is 23.0. The second kappa shape index (κ2) is 8.26. The summed E-state index contributed by atoms with van der Waals surface area (Å²) in [6.45, 7) is 4.14. The van der Waals surface area contributed by atoms with Crippen LogP contribution in [0.5, 0.6) is 0 Å². The Balaban J connectivity index is 1.43. The first kappa shape index (κ1) is 19.5. The average Bonchev–Trinajstić information content (AvgIpc) is 3.48. The first-order chi connectivity index (χ1) is 13.5. The van der Waals surface area contributed by atoms with Gasteiger partial charge in [0.25, 0.3) is 0 Å². The third-order valence-electron chi connectivity index (χ3n) is 5.94. The number of alkyl halides is 3. The molecule has 2 aromatic rings. The Kier molecular flexibility index (Phi) is 5.74. The van der Waals surface area contributed by atoms with Crippen molar-refractivity contribution < 1.29 is 13.2 Å². The third kappa shape index (κ3) is 4.58. The zero-order chi connectivity index (χ0) is 19.6. The number of hydrogen-bond acceptors (Lipinski definition) is 2. The maximum Gasteiger partial charge on any atom is 0.416 e. The van der Waals surface area contributed by atoms with Gasteiger partial charge in [0.2, 0.25) is 0 Å². The lowest BCUT2D eigenvalue weighted by Gasteiger charge is -2.26. The Morgan fingerprint density at radius 1 is 0.929 bits per heavy atom. The third-order valence-corrected chi connectivity index (χ3v) is 5.94. The van der Waals surface area contributed by atoms with E-state index < -0.39 is 11.7 Å². The Labute approximate surface area is 164 Å².